The Morgan fingerprint density at radius 1 is 1.08 bits per heavy atom. The SMILES string of the molecule is C[C@H]1CC(F)(F)c2c1c(C(F)(F)F)nn2CC(=O)N[C@@H](Cc1cc(F)cc(F)c1)c1nc(C#CC(C)(C)O)ccc1-c1ccc(F)c(C(N)=O)c1. The lowest BCUT2D eigenvalue weighted by Gasteiger charge is -2.23. The third-order valence-corrected chi connectivity index (χ3v) is 7.94. The molecule has 0 fully saturated rings. The summed E-state index contributed by atoms with van der Waals surface area (Å²) in [7, 11) is 0. The standard InChI is InChI=1S/C35H29F8N5O3/c1-17-15-34(39,40)31-28(17)30(35(41,42)43)47-48(31)16-27(49)46-26(12-18-10-20(36)14-21(37)11-18)29-23(6-5-22(45-29)8-9-33(2,3)51)19-4-7-25(38)24(13-19)32(44)50/h4-7,10-11,13-14,17,26,51H,12,15-16H2,1-3H3,(H2,44,50)(H,46,49)/t17-,26-/m0/s1. The Kier molecular flexibility index (Phi) is 9.74. The van der Waals surface area contributed by atoms with Crippen molar-refractivity contribution >= 4 is 11.8 Å². The van der Waals surface area contributed by atoms with E-state index in [0.29, 0.717) is 6.07 Å². The molecule has 1 aliphatic carbocycles. The Morgan fingerprint density at radius 3 is 2.35 bits per heavy atom. The summed E-state index contributed by atoms with van der Waals surface area (Å²) in [6.07, 6.45) is -6.47. The second-order valence-corrected chi connectivity index (χ2v) is 12.7. The maximum atomic E-state index is 15.0. The Morgan fingerprint density at radius 2 is 1.75 bits per heavy atom. The molecule has 5 rings (SSSR count). The molecule has 268 valence electrons. The fourth-order valence-corrected chi connectivity index (χ4v) is 5.94. The number of alkyl halides is 5. The first-order valence-electron chi connectivity index (χ1n) is 15.3. The zero-order chi connectivity index (χ0) is 37.6. The summed E-state index contributed by atoms with van der Waals surface area (Å²) in [4.78, 5) is 30.1. The minimum absolute atomic E-state index is 0.00567. The van der Waals surface area contributed by atoms with E-state index in [4.69, 9.17) is 5.73 Å². The van der Waals surface area contributed by atoms with Crippen LogP contribution in [0.1, 0.15) is 83.4 Å². The lowest BCUT2D eigenvalue weighted by molar-refractivity contribution is -0.142. The topological polar surface area (TPSA) is 123 Å². The molecule has 0 bridgehead atoms. The molecule has 4 aromatic rings. The number of pyridine rings is 1. The molecule has 2 heterocycles. The minimum Gasteiger partial charge on any atom is -0.378 e. The van der Waals surface area contributed by atoms with E-state index in [9.17, 15) is 41.0 Å². The maximum absolute atomic E-state index is 15.0. The molecule has 0 radical (unpaired) electrons. The van der Waals surface area contributed by atoms with Crippen molar-refractivity contribution < 1.29 is 49.8 Å². The number of hydrogen-bond donors (Lipinski definition) is 3. The predicted molar refractivity (Wildman–Crippen MR) is 166 cm³/mol. The van der Waals surface area contributed by atoms with E-state index in [1.165, 1.54) is 39.0 Å². The first kappa shape index (κ1) is 37.0. The lowest BCUT2D eigenvalue weighted by atomic mass is 9.94. The number of nitrogens with zero attached hydrogens (tertiary/aromatic N) is 3. The van der Waals surface area contributed by atoms with Gasteiger partial charge in [0.25, 0.3) is 11.8 Å². The van der Waals surface area contributed by atoms with Gasteiger partial charge in [0.05, 0.1) is 17.3 Å². The van der Waals surface area contributed by atoms with E-state index in [1.807, 2.05) is 0 Å². The molecule has 2 atom stereocenters. The van der Waals surface area contributed by atoms with Gasteiger partial charge in [0, 0.05) is 23.6 Å². The van der Waals surface area contributed by atoms with Crippen molar-refractivity contribution in [2.45, 2.75) is 69.8 Å². The van der Waals surface area contributed by atoms with Crippen LogP contribution < -0.4 is 11.1 Å². The minimum atomic E-state index is -5.10. The van der Waals surface area contributed by atoms with Crippen LogP contribution in [-0.2, 0) is 29.9 Å². The van der Waals surface area contributed by atoms with E-state index in [1.54, 1.807) is 0 Å². The molecule has 8 nitrogen and oxygen atoms in total. The van der Waals surface area contributed by atoms with Gasteiger partial charge in [-0.25, -0.2) is 18.2 Å². The first-order valence-corrected chi connectivity index (χ1v) is 15.3. The van der Waals surface area contributed by atoms with E-state index < -0.39 is 101 Å². The highest BCUT2D eigenvalue weighted by Gasteiger charge is 2.53. The van der Waals surface area contributed by atoms with Crippen molar-refractivity contribution in [3.63, 3.8) is 0 Å². The molecule has 16 heteroatoms. The van der Waals surface area contributed by atoms with Gasteiger partial charge in [-0.1, -0.05) is 18.9 Å². The van der Waals surface area contributed by atoms with Crippen LogP contribution in [0, 0.1) is 29.3 Å². The largest absolute Gasteiger partial charge is 0.435 e. The number of fused-ring (bicyclic) bond motifs is 1. The molecule has 0 saturated heterocycles. The molecule has 0 saturated carbocycles. The Labute approximate surface area is 285 Å². The Balaban J connectivity index is 1.65. The van der Waals surface area contributed by atoms with Crippen LogP contribution in [0.15, 0.2) is 48.5 Å². The van der Waals surface area contributed by atoms with Crippen LogP contribution in [0.5, 0.6) is 0 Å². The molecule has 0 spiro atoms. The first-order chi connectivity index (χ1) is 23.6. The number of nitrogens with two attached hydrogens (primary N) is 1. The zero-order valence-corrected chi connectivity index (χ0v) is 27.1. The molecule has 4 N–H and O–H groups in total. The highest BCUT2D eigenvalue weighted by Crippen LogP contribution is 2.52. The van der Waals surface area contributed by atoms with Crippen LogP contribution in [0.25, 0.3) is 11.1 Å². The maximum Gasteiger partial charge on any atom is 0.435 e. The van der Waals surface area contributed by atoms with Crippen molar-refractivity contribution in [1.29, 1.82) is 0 Å². The van der Waals surface area contributed by atoms with Crippen molar-refractivity contribution in [2.24, 2.45) is 5.73 Å². The number of hydrogen-bond acceptors (Lipinski definition) is 5. The highest BCUT2D eigenvalue weighted by molar-refractivity contribution is 5.94. The van der Waals surface area contributed by atoms with Crippen LogP contribution in [0.3, 0.4) is 0 Å². The van der Waals surface area contributed by atoms with Crippen LogP contribution in [0.4, 0.5) is 35.1 Å². The summed E-state index contributed by atoms with van der Waals surface area (Å²) < 4.78 is 115. The van der Waals surface area contributed by atoms with Gasteiger partial charge < -0.3 is 16.2 Å². The molecule has 0 aliphatic heterocycles. The number of carbonyl (C=O) groups excluding carboxylic acids is 2. The van der Waals surface area contributed by atoms with E-state index in [-0.39, 0.29) is 32.8 Å². The number of primary amides is 1. The van der Waals surface area contributed by atoms with E-state index in [2.05, 4.69) is 27.2 Å². The molecule has 2 aromatic heterocycles. The quantitative estimate of drug-likeness (QED) is 0.146. The second-order valence-electron chi connectivity index (χ2n) is 12.7. The molecule has 0 unspecified atom stereocenters. The average molecular weight is 720 g/mol. The molecule has 2 amide bonds. The third kappa shape index (κ3) is 8.20. The monoisotopic (exact) mass is 719 g/mol. The number of aromatic nitrogens is 3. The summed E-state index contributed by atoms with van der Waals surface area (Å²) in [5, 5.41) is 16.0. The number of rotatable bonds is 8. The van der Waals surface area contributed by atoms with E-state index in [0.717, 1.165) is 24.3 Å². The number of carbonyl (C=O) groups is 2. The van der Waals surface area contributed by atoms with Gasteiger partial charge in [0.15, 0.2) is 5.69 Å². The summed E-state index contributed by atoms with van der Waals surface area (Å²) >= 11 is 0. The Hall–Kier alpha value is -5.30. The molecule has 1 aliphatic rings. The number of halogens is 8. The van der Waals surface area contributed by atoms with Gasteiger partial charge in [0.2, 0.25) is 5.91 Å². The normalized spacial score (nSPS) is 15.9. The summed E-state index contributed by atoms with van der Waals surface area (Å²) in [5.41, 5.74) is 0.119. The fourth-order valence-electron chi connectivity index (χ4n) is 5.94. The summed E-state index contributed by atoms with van der Waals surface area (Å²) in [6.45, 7) is 2.85. The number of benzene rings is 2. The smallest absolute Gasteiger partial charge is 0.378 e. The van der Waals surface area contributed by atoms with Gasteiger partial charge in [0.1, 0.15) is 41.0 Å². The zero-order valence-electron chi connectivity index (χ0n) is 27.1. The van der Waals surface area contributed by atoms with Crippen LogP contribution >= 0.6 is 0 Å². The number of amides is 2. The highest BCUT2D eigenvalue weighted by atomic mass is 19.4. The van der Waals surface area contributed by atoms with Crippen molar-refractivity contribution in [3.8, 4) is 23.0 Å². The lowest BCUT2D eigenvalue weighted by Crippen LogP contribution is -2.35. The van der Waals surface area contributed by atoms with Gasteiger partial charge in [-0.05, 0) is 79.6 Å². The molecular weight excluding hydrogens is 690 g/mol. The van der Waals surface area contributed by atoms with Gasteiger partial charge in [-0.2, -0.15) is 27.1 Å². The van der Waals surface area contributed by atoms with Gasteiger partial charge in [-0.3, -0.25) is 14.3 Å². The third-order valence-electron chi connectivity index (χ3n) is 7.94. The molecule has 2 aromatic carbocycles. The second kappa shape index (κ2) is 13.4. The van der Waals surface area contributed by atoms with Crippen molar-refractivity contribution in [2.75, 3.05) is 0 Å². The van der Waals surface area contributed by atoms with Crippen molar-refractivity contribution in [1.82, 2.24) is 20.1 Å². The molecule has 51 heavy (non-hydrogen) atoms. The average Bonchev–Trinajstić information content (AvgIpc) is 3.50. The number of aliphatic hydroxyl groups is 1. The molecular formula is C35H29F8N5O3. The summed E-state index contributed by atoms with van der Waals surface area (Å²) in [5.74, 6) is -4.94. The predicted octanol–water partition coefficient (Wildman–Crippen LogP) is 6.30. The number of nitrogens with one attached hydrogen (secondary N) is 1. The van der Waals surface area contributed by atoms with E-state index >= 15 is 8.78 Å². The van der Waals surface area contributed by atoms with Crippen LogP contribution in [0.2, 0.25) is 0 Å². The van der Waals surface area contributed by atoms with Crippen molar-refractivity contribution in [3.05, 3.63) is 105 Å². The summed E-state index contributed by atoms with van der Waals surface area (Å²) in [6, 6.07) is 7.16. The van der Waals surface area contributed by atoms with Gasteiger partial charge in [-0.15, -0.1) is 0 Å². The Bertz CT molecular complexity index is 2070. The van der Waals surface area contributed by atoms with Crippen LogP contribution in [-0.4, -0.2) is 37.3 Å². The van der Waals surface area contributed by atoms with Gasteiger partial charge >= 0.3 is 6.18 Å². The fraction of sp³-hybridized carbons (Fsp3) is 0.314.